The second kappa shape index (κ2) is 6.40. The first-order chi connectivity index (χ1) is 9.11. The smallest absolute Gasteiger partial charge is 0.0647 e. The lowest BCUT2D eigenvalue weighted by Crippen LogP contribution is -2.42. The third-order valence-corrected chi connectivity index (χ3v) is 4.00. The predicted octanol–water partition coefficient (Wildman–Crippen LogP) is 2.31. The largest absolute Gasteiger partial charge is 0.394 e. The second-order valence-corrected chi connectivity index (χ2v) is 5.89. The average Bonchev–Trinajstić information content (AvgIpc) is 2.60. The number of benzene rings is 1. The maximum atomic E-state index is 9.64. The Labute approximate surface area is 116 Å². The molecule has 1 N–H and O–H groups in total. The van der Waals surface area contributed by atoms with Crippen LogP contribution in [0.5, 0.6) is 0 Å². The molecule has 2 rings (SSSR count). The van der Waals surface area contributed by atoms with Crippen LogP contribution in [0, 0.1) is 0 Å². The van der Waals surface area contributed by atoms with Gasteiger partial charge in [-0.15, -0.1) is 0 Å². The molecule has 1 fully saturated rings. The Morgan fingerprint density at radius 3 is 2.47 bits per heavy atom. The SMILES string of the molecule is CC(C)c1ccc(N2CCCN(C)CC2CO)cc1. The summed E-state index contributed by atoms with van der Waals surface area (Å²) in [7, 11) is 2.13. The van der Waals surface area contributed by atoms with Gasteiger partial charge in [-0.05, 0) is 43.6 Å². The van der Waals surface area contributed by atoms with E-state index in [4.69, 9.17) is 0 Å². The van der Waals surface area contributed by atoms with Crippen molar-refractivity contribution in [3.05, 3.63) is 29.8 Å². The maximum absolute atomic E-state index is 9.64. The Morgan fingerprint density at radius 1 is 1.21 bits per heavy atom. The molecule has 1 aromatic rings. The van der Waals surface area contributed by atoms with Gasteiger partial charge in [-0.1, -0.05) is 26.0 Å². The minimum absolute atomic E-state index is 0.206. The molecular weight excluding hydrogens is 236 g/mol. The van der Waals surface area contributed by atoms with Crippen LogP contribution in [0.3, 0.4) is 0 Å². The van der Waals surface area contributed by atoms with Gasteiger partial charge in [0.05, 0.1) is 12.6 Å². The first-order valence-corrected chi connectivity index (χ1v) is 7.28. The average molecular weight is 262 g/mol. The summed E-state index contributed by atoms with van der Waals surface area (Å²) in [6, 6.07) is 9.02. The van der Waals surface area contributed by atoms with E-state index in [-0.39, 0.29) is 12.6 Å². The number of likely N-dealkylation sites (N-methyl/N-ethyl adjacent to an activating group) is 1. The fourth-order valence-corrected chi connectivity index (χ4v) is 2.79. The molecule has 1 aliphatic heterocycles. The van der Waals surface area contributed by atoms with Gasteiger partial charge in [0.15, 0.2) is 0 Å². The zero-order valence-electron chi connectivity index (χ0n) is 12.3. The van der Waals surface area contributed by atoms with Gasteiger partial charge in [0.1, 0.15) is 0 Å². The van der Waals surface area contributed by atoms with Gasteiger partial charge >= 0.3 is 0 Å². The van der Waals surface area contributed by atoms with Gasteiger partial charge in [0, 0.05) is 18.8 Å². The molecule has 0 spiro atoms. The van der Waals surface area contributed by atoms with Crippen LogP contribution in [0.25, 0.3) is 0 Å². The van der Waals surface area contributed by atoms with Crippen molar-refractivity contribution in [1.82, 2.24) is 4.90 Å². The Kier molecular flexibility index (Phi) is 4.83. The Hall–Kier alpha value is -1.06. The van der Waals surface area contributed by atoms with E-state index in [1.54, 1.807) is 0 Å². The molecule has 1 heterocycles. The highest BCUT2D eigenvalue weighted by molar-refractivity contribution is 5.49. The fourth-order valence-electron chi connectivity index (χ4n) is 2.79. The first-order valence-electron chi connectivity index (χ1n) is 7.28. The van der Waals surface area contributed by atoms with E-state index in [1.807, 2.05) is 0 Å². The number of hydrogen-bond donors (Lipinski definition) is 1. The number of nitrogens with zero attached hydrogens (tertiary/aromatic N) is 2. The van der Waals surface area contributed by atoms with Crippen molar-refractivity contribution in [2.75, 3.05) is 38.2 Å². The molecule has 0 bridgehead atoms. The summed E-state index contributed by atoms with van der Waals surface area (Å²) in [6.07, 6.45) is 1.15. The summed E-state index contributed by atoms with van der Waals surface area (Å²) in [6.45, 7) is 7.71. The van der Waals surface area contributed by atoms with Crippen molar-refractivity contribution in [1.29, 1.82) is 0 Å². The van der Waals surface area contributed by atoms with Crippen LogP contribution in [-0.4, -0.2) is 49.3 Å². The number of rotatable bonds is 3. The Balaban J connectivity index is 2.17. The minimum Gasteiger partial charge on any atom is -0.394 e. The van der Waals surface area contributed by atoms with E-state index in [9.17, 15) is 5.11 Å². The van der Waals surface area contributed by atoms with Crippen LogP contribution < -0.4 is 4.90 Å². The zero-order valence-corrected chi connectivity index (χ0v) is 12.3. The summed E-state index contributed by atoms with van der Waals surface area (Å²) in [5.41, 5.74) is 2.61. The second-order valence-electron chi connectivity index (χ2n) is 5.89. The molecule has 0 aliphatic carbocycles. The normalized spacial score (nSPS) is 21.7. The minimum atomic E-state index is 0.206. The molecular formula is C16H26N2O. The van der Waals surface area contributed by atoms with Crippen LogP contribution in [0.2, 0.25) is 0 Å². The lowest BCUT2D eigenvalue weighted by atomic mass is 10.0. The molecule has 0 saturated carbocycles. The number of anilines is 1. The predicted molar refractivity (Wildman–Crippen MR) is 80.9 cm³/mol. The summed E-state index contributed by atoms with van der Waals surface area (Å²) < 4.78 is 0. The van der Waals surface area contributed by atoms with Crippen molar-refractivity contribution in [3.8, 4) is 0 Å². The molecule has 106 valence electrons. The molecule has 3 heteroatoms. The summed E-state index contributed by atoms with van der Waals surface area (Å²) in [5.74, 6) is 0.568. The van der Waals surface area contributed by atoms with Crippen molar-refractivity contribution < 1.29 is 5.11 Å². The highest BCUT2D eigenvalue weighted by Gasteiger charge is 2.22. The van der Waals surface area contributed by atoms with E-state index in [2.05, 4.69) is 55.0 Å². The van der Waals surface area contributed by atoms with Gasteiger partial charge < -0.3 is 14.9 Å². The summed E-state index contributed by atoms with van der Waals surface area (Å²) in [5, 5.41) is 9.64. The highest BCUT2D eigenvalue weighted by Crippen LogP contribution is 2.23. The Bertz CT molecular complexity index is 388. The molecule has 3 nitrogen and oxygen atoms in total. The van der Waals surface area contributed by atoms with E-state index < -0.39 is 0 Å². The molecule has 0 radical (unpaired) electrons. The van der Waals surface area contributed by atoms with Crippen molar-refractivity contribution in [2.24, 2.45) is 0 Å². The molecule has 1 aliphatic rings. The molecule has 1 aromatic carbocycles. The van der Waals surface area contributed by atoms with E-state index >= 15 is 0 Å². The maximum Gasteiger partial charge on any atom is 0.0647 e. The third-order valence-electron chi connectivity index (χ3n) is 4.00. The molecule has 1 saturated heterocycles. The highest BCUT2D eigenvalue weighted by atomic mass is 16.3. The quantitative estimate of drug-likeness (QED) is 0.905. The van der Waals surface area contributed by atoms with E-state index in [0.29, 0.717) is 5.92 Å². The van der Waals surface area contributed by atoms with Gasteiger partial charge in [0.2, 0.25) is 0 Å². The van der Waals surface area contributed by atoms with Crippen molar-refractivity contribution in [2.45, 2.75) is 32.2 Å². The molecule has 1 unspecified atom stereocenters. The summed E-state index contributed by atoms with van der Waals surface area (Å²) in [4.78, 5) is 4.66. The lowest BCUT2D eigenvalue weighted by molar-refractivity contribution is 0.229. The fraction of sp³-hybridized carbons (Fsp3) is 0.625. The van der Waals surface area contributed by atoms with Gasteiger partial charge in [0.25, 0.3) is 0 Å². The Morgan fingerprint density at radius 2 is 1.89 bits per heavy atom. The number of aliphatic hydroxyl groups excluding tert-OH is 1. The van der Waals surface area contributed by atoms with Crippen LogP contribution in [-0.2, 0) is 0 Å². The van der Waals surface area contributed by atoms with Crippen LogP contribution in [0.1, 0.15) is 31.7 Å². The molecule has 1 atom stereocenters. The van der Waals surface area contributed by atoms with Gasteiger partial charge in [-0.2, -0.15) is 0 Å². The standard InChI is InChI=1S/C16H26N2O/c1-13(2)14-5-7-15(8-6-14)18-10-4-9-17(3)11-16(18)12-19/h5-8,13,16,19H,4,9-12H2,1-3H3. The molecule has 0 aromatic heterocycles. The number of aliphatic hydroxyl groups is 1. The molecule has 0 amide bonds. The third kappa shape index (κ3) is 3.48. The van der Waals surface area contributed by atoms with E-state index in [1.165, 1.54) is 11.3 Å². The van der Waals surface area contributed by atoms with Gasteiger partial charge in [-0.3, -0.25) is 0 Å². The van der Waals surface area contributed by atoms with Crippen LogP contribution >= 0.6 is 0 Å². The topological polar surface area (TPSA) is 26.7 Å². The van der Waals surface area contributed by atoms with Crippen LogP contribution in [0.15, 0.2) is 24.3 Å². The summed E-state index contributed by atoms with van der Waals surface area (Å²) >= 11 is 0. The van der Waals surface area contributed by atoms with Gasteiger partial charge in [-0.25, -0.2) is 0 Å². The monoisotopic (exact) mass is 262 g/mol. The van der Waals surface area contributed by atoms with Crippen LogP contribution in [0.4, 0.5) is 5.69 Å². The zero-order chi connectivity index (χ0) is 13.8. The number of hydrogen-bond acceptors (Lipinski definition) is 3. The lowest BCUT2D eigenvalue weighted by Gasteiger charge is -2.31. The van der Waals surface area contributed by atoms with Crippen molar-refractivity contribution in [3.63, 3.8) is 0 Å². The van der Waals surface area contributed by atoms with E-state index in [0.717, 1.165) is 26.1 Å². The first kappa shape index (κ1) is 14.4. The van der Waals surface area contributed by atoms with Crippen molar-refractivity contribution >= 4 is 5.69 Å². The molecule has 19 heavy (non-hydrogen) atoms.